The van der Waals surface area contributed by atoms with Crippen LogP contribution in [0, 0.1) is 11.8 Å². The number of amides is 3. The summed E-state index contributed by atoms with van der Waals surface area (Å²) < 4.78 is 12.8. The molecule has 1 spiro atoms. The number of likely N-dealkylation sites (tertiary alicyclic amines) is 1. The van der Waals surface area contributed by atoms with Crippen LogP contribution in [0.15, 0.2) is 78.9 Å². The van der Waals surface area contributed by atoms with Crippen molar-refractivity contribution in [3.63, 3.8) is 0 Å². The molecule has 44 heavy (non-hydrogen) atoms. The van der Waals surface area contributed by atoms with Gasteiger partial charge in [0.05, 0.1) is 31.2 Å². The van der Waals surface area contributed by atoms with Crippen LogP contribution in [0.3, 0.4) is 0 Å². The molecule has 4 heterocycles. The van der Waals surface area contributed by atoms with Gasteiger partial charge >= 0.3 is 5.97 Å². The number of benzene rings is 2. The number of nitrogens with zero attached hydrogens (tertiary/aromatic N) is 2. The van der Waals surface area contributed by atoms with Crippen molar-refractivity contribution in [3.05, 3.63) is 89.5 Å². The van der Waals surface area contributed by atoms with Crippen LogP contribution in [0.1, 0.15) is 31.4 Å². The number of halogens is 1. The van der Waals surface area contributed by atoms with E-state index in [0.29, 0.717) is 22.7 Å². The number of rotatable bonds is 4. The second-order valence-corrected chi connectivity index (χ2v) is 12.0. The number of nitrogens with one attached hydrogen (secondary N) is 1. The summed E-state index contributed by atoms with van der Waals surface area (Å²) in [5.41, 5.74) is -0.234. The number of allylic oxidation sites excluding steroid dienone is 1. The molecule has 0 radical (unpaired) electrons. The molecule has 2 aromatic rings. The van der Waals surface area contributed by atoms with Crippen LogP contribution in [0.2, 0.25) is 5.02 Å². The van der Waals surface area contributed by atoms with Gasteiger partial charge in [0.1, 0.15) is 23.7 Å². The van der Waals surface area contributed by atoms with E-state index in [0.717, 1.165) is 0 Å². The SMILES string of the molecule is C[C@H](CO)N1C(=O)[C@H]2[C@@H]3C(=O)O[C@@H](c4ccccc4)CNC(=O)CC/C=C\[C@@H]3O[C@]23C=CCN(c2ccc(Cl)cc2)C(=O)[C@H]13. The third-order valence-corrected chi connectivity index (χ3v) is 9.11. The summed E-state index contributed by atoms with van der Waals surface area (Å²) in [6, 6.07) is 14.0. The second kappa shape index (κ2) is 12.2. The monoisotopic (exact) mass is 619 g/mol. The molecule has 0 aliphatic carbocycles. The molecule has 2 saturated heterocycles. The van der Waals surface area contributed by atoms with Crippen LogP contribution < -0.4 is 10.2 Å². The van der Waals surface area contributed by atoms with E-state index in [9.17, 15) is 24.3 Å². The van der Waals surface area contributed by atoms with Gasteiger partial charge in [-0.25, -0.2) is 0 Å². The van der Waals surface area contributed by atoms with E-state index < -0.39 is 66.1 Å². The van der Waals surface area contributed by atoms with Crippen molar-refractivity contribution in [2.75, 3.05) is 24.6 Å². The third-order valence-electron chi connectivity index (χ3n) is 8.86. The number of aliphatic hydroxyl groups is 1. The summed E-state index contributed by atoms with van der Waals surface area (Å²) in [5, 5.41) is 13.5. The van der Waals surface area contributed by atoms with Gasteiger partial charge in [-0.1, -0.05) is 66.2 Å². The molecule has 3 amide bonds. The molecule has 2 fully saturated rings. The maximum absolute atomic E-state index is 14.4. The Morgan fingerprint density at radius 3 is 2.52 bits per heavy atom. The lowest BCUT2D eigenvalue weighted by Gasteiger charge is -2.37. The summed E-state index contributed by atoms with van der Waals surface area (Å²) in [5.74, 6) is -3.91. The Hall–Kier alpha value is -3.99. The topological polar surface area (TPSA) is 125 Å². The number of fused-ring (bicyclic) bond motifs is 2. The maximum Gasteiger partial charge on any atom is 0.313 e. The fourth-order valence-electron chi connectivity index (χ4n) is 6.76. The van der Waals surface area contributed by atoms with Crippen LogP contribution in [0.4, 0.5) is 5.69 Å². The summed E-state index contributed by atoms with van der Waals surface area (Å²) in [7, 11) is 0. The minimum absolute atomic E-state index is 0.0606. The Kier molecular flexibility index (Phi) is 8.32. The minimum atomic E-state index is -1.51. The lowest BCUT2D eigenvalue weighted by atomic mass is 9.78. The van der Waals surface area contributed by atoms with E-state index in [1.54, 1.807) is 72.5 Å². The molecule has 2 aromatic carbocycles. The first-order valence-electron chi connectivity index (χ1n) is 14.8. The minimum Gasteiger partial charge on any atom is -0.455 e. The van der Waals surface area contributed by atoms with Crippen molar-refractivity contribution in [1.29, 1.82) is 0 Å². The van der Waals surface area contributed by atoms with Gasteiger partial charge in [-0.15, -0.1) is 0 Å². The van der Waals surface area contributed by atoms with Crippen molar-refractivity contribution >= 4 is 41.0 Å². The number of ether oxygens (including phenoxy) is 2. The van der Waals surface area contributed by atoms with E-state index >= 15 is 0 Å². The lowest BCUT2D eigenvalue weighted by molar-refractivity contribution is -0.160. The molecule has 0 bridgehead atoms. The molecular weight excluding hydrogens is 586 g/mol. The first kappa shape index (κ1) is 30.1. The van der Waals surface area contributed by atoms with Gasteiger partial charge in [0.15, 0.2) is 0 Å². The van der Waals surface area contributed by atoms with Gasteiger partial charge in [0.25, 0.3) is 5.91 Å². The van der Waals surface area contributed by atoms with E-state index in [1.807, 2.05) is 18.2 Å². The molecule has 10 nitrogen and oxygen atoms in total. The zero-order chi connectivity index (χ0) is 31.0. The maximum atomic E-state index is 14.4. The standard InChI is InChI=1S/C33H34ClN3O7/c1-20(19-38)37-29-31(41)36(23-14-12-22(34)13-15-23)17-7-16-33(29)28(30(37)40)27-24(44-33)10-5-6-11-26(39)35-18-25(43-32(27)42)21-8-3-2-4-9-21/h2-5,7-10,12-16,20,24-25,27-29,38H,6,11,17-19H2,1H3,(H,35,39)/b10-5-/t20-,24+,25-,27-,28-,29+,33-/m1/s1. The quantitative estimate of drug-likeness (QED) is 0.398. The van der Waals surface area contributed by atoms with Gasteiger partial charge in [0, 0.05) is 23.7 Å². The van der Waals surface area contributed by atoms with Gasteiger partial charge < -0.3 is 29.7 Å². The van der Waals surface area contributed by atoms with Crippen molar-refractivity contribution in [2.24, 2.45) is 11.8 Å². The number of carbonyl (C=O) groups excluding carboxylic acids is 4. The van der Waals surface area contributed by atoms with Gasteiger partial charge in [-0.2, -0.15) is 0 Å². The van der Waals surface area contributed by atoms with Crippen molar-refractivity contribution in [3.8, 4) is 0 Å². The van der Waals surface area contributed by atoms with Gasteiger partial charge in [-0.3, -0.25) is 19.2 Å². The normalized spacial score (nSPS) is 31.9. The van der Waals surface area contributed by atoms with Crippen LogP contribution in [0.5, 0.6) is 0 Å². The van der Waals surface area contributed by atoms with Crippen LogP contribution in [-0.2, 0) is 28.7 Å². The van der Waals surface area contributed by atoms with Crippen LogP contribution >= 0.6 is 11.6 Å². The van der Waals surface area contributed by atoms with Crippen LogP contribution in [-0.4, -0.2) is 77.2 Å². The number of carbonyl (C=O) groups is 4. The largest absolute Gasteiger partial charge is 0.455 e. The molecule has 6 rings (SSSR count). The number of cyclic esters (lactones) is 1. The molecular formula is C33H34ClN3O7. The highest BCUT2D eigenvalue weighted by molar-refractivity contribution is 6.30. The smallest absolute Gasteiger partial charge is 0.313 e. The number of hydrogen-bond donors (Lipinski definition) is 2. The Balaban J connectivity index is 1.43. The highest BCUT2D eigenvalue weighted by atomic mass is 35.5. The van der Waals surface area contributed by atoms with Crippen molar-refractivity contribution < 1.29 is 33.8 Å². The Morgan fingerprint density at radius 2 is 1.80 bits per heavy atom. The lowest BCUT2D eigenvalue weighted by Crippen LogP contribution is -2.57. The molecule has 0 saturated carbocycles. The van der Waals surface area contributed by atoms with E-state index in [2.05, 4.69) is 5.32 Å². The fraction of sp³-hybridized carbons (Fsp3) is 0.394. The first-order chi connectivity index (χ1) is 21.2. The van der Waals surface area contributed by atoms with E-state index in [4.69, 9.17) is 21.1 Å². The van der Waals surface area contributed by atoms with E-state index in [1.165, 1.54) is 4.90 Å². The predicted molar refractivity (Wildman–Crippen MR) is 161 cm³/mol. The third kappa shape index (κ3) is 5.21. The summed E-state index contributed by atoms with van der Waals surface area (Å²) in [4.78, 5) is 58.4. The zero-order valence-corrected chi connectivity index (χ0v) is 24.9. The fourth-order valence-corrected chi connectivity index (χ4v) is 6.89. The molecule has 0 unspecified atom stereocenters. The van der Waals surface area contributed by atoms with Crippen LogP contribution in [0.25, 0.3) is 0 Å². The Bertz CT molecular complexity index is 1500. The number of anilines is 1. The molecule has 4 aliphatic heterocycles. The number of esters is 1. The summed E-state index contributed by atoms with van der Waals surface area (Å²) in [6.07, 6.45) is 5.86. The highest BCUT2D eigenvalue weighted by Crippen LogP contribution is 2.54. The average Bonchev–Trinajstić information content (AvgIpc) is 3.42. The summed E-state index contributed by atoms with van der Waals surface area (Å²) >= 11 is 6.10. The molecule has 2 N–H and O–H groups in total. The average molecular weight is 620 g/mol. The van der Waals surface area contributed by atoms with Crippen molar-refractivity contribution in [1.82, 2.24) is 10.2 Å². The Morgan fingerprint density at radius 1 is 1.05 bits per heavy atom. The highest BCUT2D eigenvalue weighted by Gasteiger charge is 2.72. The van der Waals surface area contributed by atoms with Gasteiger partial charge in [-0.05, 0) is 43.2 Å². The molecule has 0 aromatic heterocycles. The van der Waals surface area contributed by atoms with E-state index in [-0.39, 0.29) is 25.4 Å². The molecule has 11 heteroatoms. The molecule has 7 atom stereocenters. The Labute approximate surface area is 260 Å². The second-order valence-electron chi connectivity index (χ2n) is 11.6. The first-order valence-corrected chi connectivity index (χ1v) is 15.2. The predicted octanol–water partition coefficient (Wildman–Crippen LogP) is 2.96. The number of hydrogen-bond acceptors (Lipinski definition) is 7. The van der Waals surface area contributed by atoms with Crippen molar-refractivity contribution in [2.45, 2.75) is 49.7 Å². The summed E-state index contributed by atoms with van der Waals surface area (Å²) in [6.45, 7) is 1.53. The van der Waals surface area contributed by atoms with Gasteiger partial charge in [0.2, 0.25) is 11.8 Å². The number of aliphatic hydroxyl groups excluding tert-OH is 1. The zero-order valence-electron chi connectivity index (χ0n) is 24.2. The molecule has 230 valence electrons. The molecule has 4 aliphatic rings.